The third-order valence-electron chi connectivity index (χ3n) is 6.18. The highest BCUT2D eigenvalue weighted by molar-refractivity contribution is 5.97. The lowest BCUT2D eigenvalue weighted by atomic mass is 10.1. The molecule has 1 saturated heterocycles. The first-order valence-electron chi connectivity index (χ1n) is 10.6. The van der Waals surface area contributed by atoms with Crippen molar-refractivity contribution in [2.45, 2.75) is 37.8 Å². The number of carbonyl (C=O) groups is 1. The number of halogens is 2. The number of carboxylic acid groups (broad SMARTS) is 1. The van der Waals surface area contributed by atoms with Gasteiger partial charge in [-0.2, -0.15) is 0 Å². The van der Waals surface area contributed by atoms with Gasteiger partial charge >= 0.3 is 6.16 Å². The molecule has 2 saturated carbocycles. The molecule has 0 amide bonds. The zero-order chi connectivity index (χ0) is 21.9. The van der Waals surface area contributed by atoms with Crippen molar-refractivity contribution in [3.05, 3.63) is 28.1 Å². The monoisotopic (exact) mass is 434 g/mol. The van der Waals surface area contributed by atoms with Crippen molar-refractivity contribution in [1.82, 2.24) is 9.47 Å². The van der Waals surface area contributed by atoms with Gasteiger partial charge in [0.1, 0.15) is 5.69 Å². The van der Waals surface area contributed by atoms with Gasteiger partial charge in [0.15, 0.2) is 17.4 Å². The zero-order valence-corrected chi connectivity index (χ0v) is 17.2. The Morgan fingerprint density at radius 3 is 2.39 bits per heavy atom. The number of rotatable bonds is 5. The molecule has 1 aromatic heterocycles. The van der Waals surface area contributed by atoms with Gasteiger partial charge in [-0.15, -0.1) is 0 Å². The van der Waals surface area contributed by atoms with E-state index in [4.69, 9.17) is 5.11 Å². The van der Waals surface area contributed by atoms with E-state index in [0.717, 1.165) is 25.7 Å². The molecule has 1 aliphatic heterocycles. The molecule has 10 heteroatoms. The van der Waals surface area contributed by atoms with Crippen LogP contribution in [0, 0.1) is 11.6 Å². The van der Waals surface area contributed by atoms with E-state index in [2.05, 4.69) is 15.0 Å². The highest BCUT2D eigenvalue weighted by Gasteiger charge is 2.35. The number of hydrogen-bond donors (Lipinski definition) is 2. The Bertz CT molecular complexity index is 1120. The Labute approximate surface area is 177 Å². The van der Waals surface area contributed by atoms with Gasteiger partial charge in [0.05, 0.1) is 22.8 Å². The van der Waals surface area contributed by atoms with Crippen LogP contribution in [0.25, 0.3) is 10.9 Å². The number of fused-ring (bicyclic) bond motifs is 1. The van der Waals surface area contributed by atoms with Gasteiger partial charge in [-0.25, -0.2) is 13.6 Å². The molecule has 2 N–H and O–H groups in total. The minimum Gasteiger partial charge on any atom is -0.449 e. The predicted molar refractivity (Wildman–Crippen MR) is 111 cm³/mol. The molecule has 2 aliphatic carbocycles. The third-order valence-corrected chi connectivity index (χ3v) is 6.18. The van der Waals surface area contributed by atoms with E-state index in [-0.39, 0.29) is 34.4 Å². The van der Waals surface area contributed by atoms with Crippen LogP contribution in [-0.2, 0) is 0 Å². The Morgan fingerprint density at radius 1 is 1.13 bits per heavy atom. The first-order chi connectivity index (χ1) is 14.8. The number of benzene rings is 1. The van der Waals surface area contributed by atoms with E-state index in [1.54, 1.807) is 9.47 Å². The molecule has 2 aromatic rings. The molecule has 31 heavy (non-hydrogen) atoms. The van der Waals surface area contributed by atoms with Crippen LogP contribution in [0.15, 0.2) is 11.0 Å². The van der Waals surface area contributed by atoms with Crippen molar-refractivity contribution in [2.75, 3.05) is 43.4 Å². The van der Waals surface area contributed by atoms with E-state index in [9.17, 15) is 9.59 Å². The molecule has 2 heterocycles. The summed E-state index contributed by atoms with van der Waals surface area (Å²) in [7, 11) is 1.96. The summed E-state index contributed by atoms with van der Waals surface area (Å²) < 4.78 is 37.9. The standard InChI is InChI=1S/C21H24F2N4O4/c1-25-6-8-26(9-7-25)19-15(22)17(24-11-2-3-11)14-18(16(19)23)27(12-4-5-12)10-13(20(14)28)31-21(29)30/h10-12,24H,2-9H2,1H3,(H,29,30). The number of likely N-dealkylation sites (N-methyl/N-ethyl adjacent to an activating group) is 1. The van der Waals surface area contributed by atoms with Gasteiger partial charge in [0.2, 0.25) is 5.43 Å². The van der Waals surface area contributed by atoms with Crippen LogP contribution >= 0.6 is 0 Å². The number of ether oxygens (including phenoxy) is 1. The normalized spacial score (nSPS) is 19.6. The molecule has 166 valence electrons. The van der Waals surface area contributed by atoms with Gasteiger partial charge in [0.25, 0.3) is 0 Å². The smallest absolute Gasteiger partial charge is 0.449 e. The van der Waals surface area contributed by atoms with Gasteiger partial charge in [-0.05, 0) is 32.7 Å². The van der Waals surface area contributed by atoms with E-state index < -0.39 is 29.0 Å². The summed E-state index contributed by atoms with van der Waals surface area (Å²) in [6.45, 7) is 2.27. The van der Waals surface area contributed by atoms with Crippen molar-refractivity contribution in [3.63, 3.8) is 0 Å². The number of nitrogens with one attached hydrogen (secondary N) is 1. The summed E-state index contributed by atoms with van der Waals surface area (Å²) >= 11 is 0. The molecule has 0 radical (unpaired) electrons. The summed E-state index contributed by atoms with van der Waals surface area (Å²) in [4.78, 5) is 28.0. The fourth-order valence-electron chi connectivity index (χ4n) is 4.18. The lowest BCUT2D eigenvalue weighted by molar-refractivity contribution is 0.143. The average Bonchev–Trinajstić information content (AvgIpc) is 3.62. The third kappa shape index (κ3) is 3.58. The van der Waals surface area contributed by atoms with Crippen LogP contribution in [0.4, 0.5) is 25.0 Å². The second-order valence-corrected chi connectivity index (χ2v) is 8.61. The Morgan fingerprint density at radius 2 is 1.81 bits per heavy atom. The molecule has 5 rings (SSSR count). The minimum absolute atomic E-state index is 0.00123. The molecular weight excluding hydrogens is 410 g/mol. The van der Waals surface area contributed by atoms with Crippen LogP contribution in [0.3, 0.4) is 0 Å². The molecule has 0 atom stereocenters. The van der Waals surface area contributed by atoms with Crippen molar-refractivity contribution >= 4 is 28.4 Å². The van der Waals surface area contributed by atoms with Crippen LogP contribution in [0.1, 0.15) is 31.7 Å². The quantitative estimate of drug-likeness (QED) is 0.700. The van der Waals surface area contributed by atoms with Crippen molar-refractivity contribution in [1.29, 1.82) is 0 Å². The SMILES string of the molecule is CN1CCN(c2c(F)c(NC3CC3)c3c(=O)c(OC(=O)O)cn(C4CC4)c3c2F)CC1. The van der Waals surface area contributed by atoms with Gasteiger partial charge in [0, 0.05) is 38.3 Å². The van der Waals surface area contributed by atoms with Crippen LogP contribution in [-0.4, -0.2) is 60.0 Å². The fraction of sp³-hybridized carbons (Fsp3) is 0.524. The van der Waals surface area contributed by atoms with E-state index in [1.165, 1.54) is 6.20 Å². The average molecular weight is 434 g/mol. The van der Waals surface area contributed by atoms with Gasteiger partial charge < -0.3 is 29.5 Å². The summed E-state index contributed by atoms with van der Waals surface area (Å²) in [6.07, 6.45) is 2.76. The summed E-state index contributed by atoms with van der Waals surface area (Å²) in [5.74, 6) is -2.05. The van der Waals surface area contributed by atoms with E-state index in [1.807, 2.05) is 7.05 Å². The van der Waals surface area contributed by atoms with Gasteiger partial charge in [-0.1, -0.05) is 0 Å². The number of pyridine rings is 1. The highest BCUT2D eigenvalue weighted by Crippen LogP contribution is 2.44. The Hall–Kier alpha value is -2.88. The first kappa shape index (κ1) is 20.0. The van der Waals surface area contributed by atoms with Crippen molar-refractivity contribution in [2.24, 2.45) is 0 Å². The van der Waals surface area contributed by atoms with Gasteiger partial charge in [-0.3, -0.25) is 4.79 Å². The summed E-state index contributed by atoms with van der Waals surface area (Å²) in [6, 6.07) is -0.0883. The number of anilines is 2. The zero-order valence-electron chi connectivity index (χ0n) is 17.2. The second-order valence-electron chi connectivity index (χ2n) is 8.61. The minimum atomic E-state index is -1.65. The Kier molecular flexibility index (Phi) is 4.76. The van der Waals surface area contributed by atoms with Crippen molar-refractivity contribution < 1.29 is 23.4 Å². The maximum absolute atomic E-state index is 15.9. The molecule has 1 aromatic carbocycles. The fourth-order valence-corrected chi connectivity index (χ4v) is 4.18. The second kappa shape index (κ2) is 7.37. The topological polar surface area (TPSA) is 87.0 Å². The highest BCUT2D eigenvalue weighted by atomic mass is 19.1. The number of aromatic nitrogens is 1. The maximum Gasteiger partial charge on any atom is 0.511 e. The maximum atomic E-state index is 15.9. The van der Waals surface area contributed by atoms with E-state index >= 15 is 8.78 Å². The summed E-state index contributed by atoms with van der Waals surface area (Å²) in [5, 5.41) is 11.9. The van der Waals surface area contributed by atoms with Crippen LogP contribution < -0.4 is 20.4 Å². The van der Waals surface area contributed by atoms with E-state index in [0.29, 0.717) is 26.2 Å². The number of hydrogen-bond acceptors (Lipinski definition) is 6. The molecular formula is C21H24F2N4O4. The number of piperazine rings is 1. The molecule has 0 spiro atoms. The predicted octanol–water partition coefficient (Wildman–Crippen LogP) is 3.00. The lowest BCUT2D eigenvalue weighted by Gasteiger charge is -2.35. The first-order valence-corrected chi connectivity index (χ1v) is 10.6. The molecule has 3 fully saturated rings. The molecule has 3 aliphatic rings. The largest absolute Gasteiger partial charge is 0.511 e. The van der Waals surface area contributed by atoms with Crippen LogP contribution in [0.5, 0.6) is 5.75 Å². The molecule has 0 unspecified atom stereocenters. The van der Waals surface area contributed by atoms with Crippen molar-refractivity contribution in [3.8, 4) is 5.75 Å². The molecule has 0 bridgehead atoms. The van der Waals surface area contributed by atoms with Crippen LogP contribution in [0.2, 0.25) is 0 Å². The molecule has 8 nitrogen and oxygen atoms in total. The lowest BCUT2D eigenvalue weighted by Crippen LogP contribution is -2.45. The number of nitrogens with zero attached hydrogens (tertiary/aromatic N) is 3. The Balaban J connectivity index is 1.79. The summed E-state index contributed by atoms with van der Waals surface area (Å²) in [5.41, 5.74) is -1.03.